The van der Waals surface area contributed by atoms with Gasteiger partial charge in [0.2, 0.25) is 0 Å². The van der Waals surface area contributed by atoms with Crippen molar-refractivity contribution in [2.24, 2.45) is 0 Å². The number of carbonyl (C=O) groups excluding carboxylic acids is 1. The number of ether oxygens (including phenoxy) is 5. The van der Waals surface area contributed by atoms with Crippen LogP contribution >= 0.6 is 0 Å². The zero-order chi connectivity index (χ0) is 15.5. The molecule has 0 bridgehead atoms. The summed E-state index contributed by atoms with van der Waals surface area (Å²) in [6, 6.07) is 0. The Bertz CT molecular complexity index is 175. The first-order chi connectivity index (χ1) is 9.68. The van der Waals surface area contributed by atoms with Crippen molar-refractivity contribution in [2.75, 3.05) is 67.1 Å². The maximum atomic E-state index is 9.81. The topological polar surface area (TPSA) is 63.2 Å². The molecule has 0 amide bonds. The fourth-order valence-electron chi connectivity index (χ4n) is 0.826. The molecule has 0 aliphatic heterocycles. The lowest BCUT2D eigenvalue weighted by Crippen LogP contribution is -2.12. The lowest BCUT2D eigenvalue weighted by molar-refractivity contribution is -0.116. The molecule has 0 heterocycles. The van der Waals surface area contributed by atoms with E-state index in [1.165, 1.54) is 0 Å². The van der Waals surface area contributed by atoms with Crippen molar-refractivity contribution in [3.63, 3.8) is 0 Å². The minimum atomic E-state index is 0.255. The summed E-state index contributed by atoms with van der Waals surface area (Å²) in [5.41, 5.74) is 0. The Hall–Kier alpha value is -0.530. The third-order valence-electron chi connectivity index (χ3n) is 2.11. The lowest BCUT2D eigenvalue weighted by Gasteiger charge is -2.06. The molecule has 0 aliphatic rings. The molecule has 0 aromatic carbocycles. The highest BCUT2D eigenvalue weighted by atomic mass is 16.6. The average molecular weight is 294 g/mol. The van der Waals surface area contributed by atoms with Gasteiger partial charge in [0.15, 0.2) is 0 Å². The fraction of sp³-hybridized carbons (Fsp3) is 0.929. The highest BCUT2D eigenvalue weighted by Gasteiger charge is 1.91. The van der Waals surface area contributed by atoms with Gasteiger partial charge in [0, 0.05) is 20.6 Å². The van der Waals surface area contributed by atoms with Gasteiger partial charge in [-0.2, -0.15) is 0 Å². The van der Waals surface area contributed by atoms with Crippen LogP contribution in [0.3, 0.4) is 0 Å². The number of rotatable bonds is 13. The summed E-state index contributed by atoms with van der Waals surface area (Å²) in [6.45, 7) is 8.30. The predicted octanol–water partition coefficient (Wildman–Crippen LogP) is 1.31. The van der Waals surface area contributed by atoms with Crippen molar-refractivity contribution in [1.29, 1.82) is 0 Å². The first-order valence-electron chi connectivity index (χ1n) is 6.89. The molecule has 0 N–H and O–H groups in total. The first kappa shape index (κ1) is 21.8. The van der Waals surface area contributed by atoms with E-state index < -0.39 is 0 Å². The van der Waals surface area contributed by atoms with Gasteiger partial charge in [-0.05, 0) is 6.92 Å². The number of Topliss-reactive ketones (excluding diaryl/α,β-unsaturated/α-hetero) is 1. The summed E-state index contributed by atoms with van der Waals surface area (Å²) in [5, 5.41) is 0. The molecule has 0 aliphatic carbocycles. The second-order valence-electron chi connectivity index (χ2n) is 3.88. The third kappa shape index (κ3) is 26.1. The highest BCUT2D eigenvalue weighted by Crippen LogP contribution is 1.82. The van der Waals surface area contributed by atoms with Gasteiger partial charge in [-0.25, -0.2) is 0 Å². The van der Waals surface area contributed by atoms with Crippen LogP contribution in [-0.2, 0) is 28.5 Å². The van der Waals surface area contributed by atoms with Crippen molar-refractivity contribution in [2.45, 2.75) is 20.3 Å². The number of hydrogen-bond donors (Lipinski definition) is 0. The van der Waals surface area contributed by atoms with Crippen molar-refractivity contribution in [3.05, 3.63) is 0 Å². The summed E-state index contributed by atoms with van der Waals surface area (Å²) in [7, 11) is 3.30. The summed E-state index contributed by atoms with van der Waals surface area (Å²) in [4.78, 5) is 9.81. The molecule has 20 heavy (non-hydrogen) atoms. The molecule has 0 saturated heterocycles. The Morgan fingerprint density at radius 1 is 0.700 bits per heavy atom. The van der Waals surface area contributed by atoms with Gasteiger partial charge in [0.25, 0.3) is 0 Å². The van der Waals surface area contributed by atoms with E-state index in [0.29, 0.717) is 59.3 Å². The van der Waals surface area contributed by atoms with Crippen molar-refractivity contribution in [3.8, 4) is 0 Å². The van der Waals surface area contributed by atoms with E-state index >= 15 is 0 Å². The maximum absolute atomic E-state index is 9.81. The van der Waals surface area contributed by atoms with Gasteiger partial charge in [-0.3, -0.25) is 0 Å². The molecule has 6 heteroatoms. The Labute approximate surface area is 122 Å². The predicted molar refractivity (Wildman–Crippen MR) is 77.2 cm³/mol. The van der Waals surface area contributed by atoms with Crippen LogP contribution in [0.4, 0.5) is 0 Å². The van der Waals surface area contributed by atoms with Crippen molar-refractivity contribution >= 4 is 5.78 Å². The first-order valence-corrected chi connectivity index (χ1v) is 6.89. The monoisotopic (exact) mass is 294 g/mol. The van der Waals surface area contributed by atoms with E-state index in [0.717, 1.165) is 0 Å². The molecular formula is C14H30O6. The smallest absolute Gasteiger partial charge is 0.129 e. The molecule has 0 rings (SSSR count). The van der Waals surface area contributed by atoms with Crippen molar-refractivity contribution < 1.29 is 28.5 Å². The van der Waals surface area contributed by atoms with E-state index in [1.807, 2.05) is 6.92 Å². The van der Waals surface area contributed by atoms with Gasteiger partial charge in [-0.1, -0.05) is 6.92 Å². The van der Waals surface area contributed by atoms with Gasteiger partial charge >= 0.3 is 0 Å². The zero-order valence-corrected chi connectivity index (χ0v) is 13.3. The second kappa shape index (κ2) is 20.8. The second-order valence-corrected chi connectivity index (χ2v) is 3.88. The molecule has 122 valence electrons. The Morgan fingerprint density at radius 2 is 0.950 bits per heavy atom. The van der Waals surface area contributed by atoms with E-state index in [9.17, 15) is 4.79 Å². The standard InChI is InChI=1S/C10H22O5.C4H8O/c1-11-3-5-13-7-9-15-10-8-14-6-4-12-2;1-3-4(2)5/h3-10H2,1-2H3;3H2,1-2H3. The summed E-state index contributed by atoms with van der Waals surface area (Å²) >= 11 is 0. The minimum Gasteiger partial charge on any atom is -0.382 e. The summed E-state index contributed by atoms with van der Waals surface area (Å²) in [5.74, 6) is 0.255. The van der Waals surface area contributed by atoms with Crippen LogP contribution in [0.5, 0.6) is 0 Å². The molecular weight excluding hydrogens is 264 g/mol. The van der Waals surface area contributed by atoms with E-state index in [4.69, 9.17) is 23.7 Å². The molecule has 0 fully saturated rings. The number of ketones is 1. The molecule has 0 saturated carbocycles. The van der Waals surface area contributed by atoms with Gasteiger partial charge in [-0.15, -0.1) is 0 Å². The number of methoxy groups -OCH3 is 2. The summed E-state index contributed by atoms with van der Waals surface area (Å²) in [6.07, 6.45) is 0.667. The normalized spacial score (nSPS) is 10.0. The lowest BCUT2D eigenvalue weighted by atomic mass is 10.4. The molecule has 0 unspecified atom stereocenters. The molecule has 0 radical (unpaired) electrons. The number of carbonyl (C=O) groups is 1. The average Bonchev–Trinajstić information content (AvgIpc) is 2.45. The van der Waals surface area contributed by atoms with Crippen LogP contribution in [-0.4, -0.2) is 72.9 Å². The van der Waals surface area contributed by atoms with E-state index in [1.54, 1.807) is 21.1 Å². The third-order valence-corrected chi connectivity index (χ3v) is 2.11. The van der Waals surface area contributed by atoms with Crippen LogP contribution in [0.2, 0.25) is 0 Å². The van der Waals surface area contributed by atoms with Gasteiger partial charge in [0.05, 0.1) is 52.9 Å². The summed E-state index contributed by atoms with van der Waals surface area (Å²) < 4.78 is 25.3. The largest absolute Gasteiger partial charge is 0.382 e. The highest BCUT2D eigenvalue weighted by molar-refractivity contribution is 5.74. The molecule has 0 spiro atoms. The van der Waals surface area contributed by atoms with E-state index in [2.05, 4.69) is 0 Å². The van der Waals surface area contributed by atoms with Crippen LogP contribution < -0.4 is 0 Å². The van der Waals surface area contributed by atoms with Crippen LogP contribution in [0.1, 0.15) is 20.3 Å². The van der Waals surface area contributed by atoms with Gasteiger partial charge in [0.1, 0.15) is 5.78 Å². The minimum absolute atomic E-state index is 0.255. The number of hydrogen-bond acceptors (Lipinski definition) is 6. The van der Waals surface area contributed by atoms with Crippen LogP contribution in [0.25, 0.3) is 0 Å². The Kier molecular flexibility index (Phi) is 22.6. The quantitative estimate of drug-likeness (QED) is 0.477. The Balaban J connectivity index is 0. The van der Waals surface area contributed by atoms with Gasteiger partial charge < -0.3 is 28.5 Å². The molecule has 6 nitrogen and oxygen atoms in total. The van der Waals surface area contributed by atoms with Crippen molar-refractivity contribution in [1.82, 2.24) is 0 Å². The Morgan fingerprint density at radius 3 is 1.15 bits per heavy atom. The maximum Gasteiger partial charge on any atom is 0.129 e. The van der Waals surface area contributed by atoms with Crippen LogP contribution in [0, 0.1) is 0 Å². The van der Waals surface area contributed by atoms with Crippen LogP contribution in [0.15, 0.2) is 0 Å². The van der Waals surface area contributed by atoms with E-state index in [-0.39, 0.29) is 5.78 Å². The SMILES string of the molecule is CCC(C)=O.COCCOCCOCCOCCOC. The zero-order valence-electron chi connectivity index (χ0n) is 13.3. The molecule has 0 atom stereocenters. The fourth-order valence-corrected chi connectivity index (χ4v) is 0.826. The molecule has 0 aromatic rings. The molecule has 0 aromatic heterocycles.